The van der Waals surface area contributed by atoms with E-state index in [1.807, 2.05) is 7.05 Å². The number of hydrogen-bond acceptors (Lipinski definition) is 2. The Labute approximate surface area is 110 Å². The van der Waals surface area contributed by atoms with Crippen molar-refractivity contribution in [3.05, 3.63) is 16.1 Å². The summed E-state index contributed by atoms with van der Waals surface area (Å²) in [6, 6.07) is 0.305. The standard InChI is InChI=1S/C11H15Cl2N3O/c1-16(7-5-3-2-4-6-7)11(17)10-14-8(12)9(13)15-10/h7H,2-6H2,1H3,(H,14,15). The molecule has 0 bridgehead atoms. The molecule has 0 radical (unpaired) electrons. The normalized spacial score (nSPS) is 17.1. The molecular weight excluding hydrogens is 261 g/mol. The number of nitrogens with one attached hydrogen (secondary N) is 1. The van der Waals surface area contributed by atoms with Crippen molar-refractivity contribution in [1.82, 2.24) is 14.9 Å². The van der Waals surface area contributed by atoms with E-state index in [4.69, 9.17) is 23.2 Å². The van der Waals surface area contributed by atoms with Crippen LogP contribution >= 0.6 is 23.2 Å². The van der Waals surface area contributed by atoms with Crippen molar-refractivity contribution in [2.75, 3.05) is 7.05 Å². The van der Waals surface area contributed by atoms with Crippen LogP contribution in [0.15, 0.2) is 0 Å². The topological polar surface area (TPSA) is 49.0 Å². The molecule has 0 unspecified atom stereocenters. The predicted octanol–water partition coefficient (Wildman–Crippen LogP) is 3.12. The minimum Gasteiger partial charge on any atom is -0.336 e. The fourth-order valence-corrected chi connectivity index (χ4v) is 2.50. The molecule has 6 heteroatoms. The second-order valence-electron chi connectivity index (χ2n) is 4.40. The molecule has 0 aliphatic heterocycles. The molecule has 0 atom stereocenters. The Morgan fingerprint density at radius 2 is 2.00 bits per heavy atom. The second kappa shape index (κ2) is 5.27. The van der Waals surface area contributed by atoms with Crippen molar-refractivity contribution in [1.29, 1.82) is 0 Å². The number of rotatable bonds is 2. The largest absolute Gasteiger partial charge is 0.336 e. The fourth-order valence-electron chi connectivity index (χ4n) is 2.23. The summed E-state index contributed by atoms with van der Waals surface area (Å²) >= 11 is 11.5. The first kappa shape index (κ1) is 12.7. The van der Waals surface area contributed by atoms with Gasteiger partial charge in [0.25, 0.3) is 5.91 Å². The smallest absolute Gasteiger partial charge is 0.289 e. The fraction of sp³-hybridized carbons (Fsp3) is 0.636. The number of carbonyl (C=O) groups excluding carboxylic acids is 1. The molecule has 1 N–H and O–H groups in total. The zero-order chi connectivity index (χ0) is 12.4. The highest BCUT2D eigenvalue weighted by molar-refractivity contribution is 6.40. The van der Waals surface area contributed by atoms with Gasteiger partial charge in [-0.05, 0) is 12.8 Å². The first-order valence-electron chi connectivity index (χ1n) is 5.77. The van der Waals surface area contributed by atoms with Crippen LogP contribution in [0, 0.1) is 0 Å². The van der Waals surface area contributed by atoms with E-state index < -0.39 is 0 Å². The lowest BCUT2D eigenvalue weighted by molar-refractivity contribution is 0.0685. The molecule has 0 saturated heterocycles. The third-order valence-corrected chi connectivity index (χ3v) is 3.91. The average molecular weight is 276 g/mol. The molecule has 4 nitrogen and oxygen atoms in total. The van der Waals surface area contributed by atoms with Crippen LogP contribution in [-0.4, -0.2) is 33.9 Å². The number of halogens is 2. The number of nitrogens with zero attached hydrogens (tertiary/aromatic N) is 2. The molecule has 94 valence electrons. The Morgan fingerprint density at radius 1 is 1.35 bits per heavy atom. The SMILES string of the molecule is CN(C(=O)c1nc(Cl)c(Cl)[nH]1)C1CCCCC1. The molecular formula is C11H15Cl2N3O. The minimum absolute atomic E-state index is 0.145. The summed E-state index contributed by atoms with van der Waals surface area (Å²) < 4.78 is 0. The molecule has 1 aliphatic rings. The van der Waals surface area contributed by atoms with E-state index >= 15 is 0 Å². The van der Waals surface area contributed by atoms with Gasteiger partial charge in [-0.15, -0.1) is 0 Å². The number of aromatic amines is 1. The highest BCUT2D eigenvalue weighted by Gasteiger charge is 2.25. The zero-order valence-electron chi connectivity index (χ0n) is 9.67. The maximum Gasteiger partial charge on any atom is 0.289 e. The van der Waals surface area contributed by atoms with E-state index in [2.05, 4.69) is 9.97 Å². The van der Waals surface area contributed by atoms with Gasteiger partial charge in [0.05, 0.1) is 0 Å². The Kier molecular flexibility index (Phi) is 3.94. The second-order valence-corrected chi connectivity index (χ2v) is 5.13. The van der Waals surface area contributed by atoms with E-state index in [-0.39, 0.29) is 22.0 Å². The van der Waals surface area contributed by atoms with Crippen molar-refractivity contribution in [2.24, 2.45) is 0 Å². The van der Waals surface area contributed by atoms with E-state index in [1.165, 1.54) is 19.3 Å². The van der Waals surface area contributed by atoms with Gasteiger partial charge in [-0.25, -0.2) is 4.98 Å². The third-order valence-electron chi connectivity index (χ3n) is 3.26. The van der Waals surface area contributed by atoms with Gasteiger partial charge < -0.3 is 9.88 Å². The van der Waals surface area contributed by atoms with Crippen molar-refractivity contribution in [3.63, 3.8) is 0 Å². The monoisotopic (exact) mass is 275 g/mol. The van der Waals surface area contributed by atoms with Gasteiger partial charge in [-0.1, -0.05) is 42.5 Å². The number of carbonyl (C=O) groups is 1. The molecule has 1 amide bonds. The average Bonchev–Trinajstić information content (AvgIpc) is 2.69. The molecule has 0 spiro atoms. The zero-order valence-corrected chi connectivity index (χ0v) is 11.2. The summed E-state index contributed by atoms with van der Waals surface area (Å²) in [4.78, 5) is 20.5. The summed E-state index contributed by atoms with van der Waals surface area (Å²) in [6.45, 7) is 0. The summed E-state index contributed by atoms with van der Waals surface area (Å²) in [5.74, 6) is 0.0683. The molecule has 1 saturated carbocycles. The van der Waals surface area contributed by atoms with Crippen molar-refractivity contribution in [3.8, 4) is 0 Å². The lowest BCUT2D eigenvalue weighted by Gasteiger charge is -2.30. The van der Waals surface area contributed by atoms with Crippen LogP contribution in [0.5, 0.6) is 0 Å². The van der Waals surface area contributed by atoms with Crippen LogP contribution in [0.1, 0.15) is 42.7 Å². The highest BCUT2D eigenvalue weighted by atomic mass is 35.5. The van der Waals surface area contributed by atoms with Crippen molar-refractivity contribution >= 4 is 29.1 Å². The quantitative estimate of drug-likeness (QED) is 0.902. The number of aromatic nitrogens is 2. The van der Waals surface area contributed by atoms with Gasteiger partial charge in [-0.3, -0.25) is 4.79 Å². The first-order chi connectivity index (χ1) is 8.09. The van der Waals surface area contributed by atoms with Gasteiger partial charge in [0, 0.05) is 13.1 Å². The molecule has 1 aromatic heterocycles. The first-order valence-corrected chi connectivity index (χ1v) is 6.53. The number of amides is 1. The van der Waals surface area contributed by atoms with Crippen LogP contribution < -0.4 is 0 Å². The summed E-state index contributed by atoms with van der Waals surface area (Å²) in [6.07, 6.45) is 5.75. The summed E-state index contributed by atoms with van der Waals surface area (Å²) in [5, 5.41) is 0.360. The van der Waals surface area contributed by atoms with Crippen molar-refractivity contribution in [2.45, 2.75) is 38.1 Å². The Morgan fingerprint density at radius 3 is 2.53 bits per heavy atom. The van der Waals surface area contributed by atoms with E-state index in [0.717, 1.165) is 12.8 Å². The van der Waals surface area contributed by atoms with Crippen LogP contribution in [0.2, 0.25) is 10.3 Å². The lowest BCUT2D eigenvalue weighted by atomic mass is 9.94. The molecule has 1 heterocycles. The van der Waals surface area contributed by atoms with Gasteiger partial charge >= 0.3 is 0 Å². The molecule has 1 fully saturated rings. The predicted molar refractivity (Wildman–Crippen MR) is 67.6 cm³/mol. The molecule has 17 heavy (non-hydrogen) atoms. The maximum atomic E-state index is 12.1. The minimum atomic E-state index is -0.147. The Hall–Kier alpha value is -0.740. The van der Waals surface area contributed by atoms with Gasteiger partial charge in [0.1, 0.15) is 5.15 Å². The lowest BCUT2D eigenvalue weighted by Crippen LogP contribution is -2.38. The molecule has 1 aromatic rings. The maximum absolute atomic E-state index is 12.1. The molecule has 2 rings (SSSR count). The number of H-pyrrole nitrogens is 1. The van der Waals surface area contributed by atoms with Crippen LogP contribution in [0.25, 0.3) is 0 Å². The van der Waals surface area contributed by atoms with Gasteiger partial charge in [0.2, 0.25) is 0 Å². The van der Waals surface area contributed by atoms with Crippen LogP contribution in [0.3, 0.4) is 0 Å². The van der Waals surface area contributed by atoms with Gasteiger partial charge in [-0.2, -0.15) is 0 Å². The van der Waals surface area contributed by atoms with Crippen LogP contribution in [0.4, 0.5) is 0 Å². The summed E-state index contributed by atoms with van der Waals surface area (Å²) in [5.41, 5.74) is 0. The highest BCUT2D eigenvalue weighted by Crippen LogP contribution is 2.24. The van der Waals surface area contributed by atoms with E-state index in [9.17, 15) is 4.79 Å². The van der Waals surface area contributed by atoms with E-state index in [0.29, 0.717) is 6.04 Å². The molecule has 1 aliphatic carbocycles. The number of hydrogen-bond donors (Lipinski definition) is 1. The summed E-state index contributed by atoms with van der Waals surface area (Å²) in [7, 11) is 1.81. The van der Waals surface area contributed by atoms with Crippen LogP contribution in [-0.2, 0) is 0 Å². The van der Waals surface area contributed by atoms with E-state index in [1.54, 1.807) is 4.90 Å². The molecule has 0 aromatic carbocycles. The van der Waals surface area contributed by atoms with Crippen molar-refractivity contribution < 1.29 is 4.79 Å². The Bertz CT molecular complexity index is 393. The number of imidazole rings is 1. The van der Waals surface area contributed by atoms with Gasteiger partial charge in [0.15, 0.2) is 11.0 Å². The Balaban J connectivity index is 2.08. The third kappa shape index (κ3) is 2.75.